The minimum Gasteiger partial charge on any atom is -0.376 e. The average molecular weight is 556 g/mol. The Labute approximate surface area is 253 Å². The highest BCUT2D eigenvalue weighted by molar-refractivity contribution is 6.88. The fraction of sp³-hybridized carbons (Fsp3) is 0.205. The fourth-order valence-corrected chi connectivity index (χ4v) is 7.25. The number of hydrogen-bond acceptors (Lipinski definition) is 0. The molecule has 0 spiro atoms. The Kier molecular flexibility index (Phi) is 5.21. The Balaban J connectivity index is 1.57. The number of aromatic nitrogens is 2. The average Bonchev–Trinajstić information content (AvgIpc) is 3.49. The van der Waals surface area contributed by atoms with Crippen LogP contribution in [0.3, 0.4) is 0 Å². The van der Waals surface area contributed by atoms with Gasteiger partial charge in [-0.25, -0.2) is 4.85 Å². The molecule has 0 aliphatic carbocycles. The zero-order valence-electron chi connectivity index (χ0n) is 25.7. The summed E-state index contributed by atoms with van der Waals surface area (Å²) in [5, 5.41) is 5.00. The molecule has 0 saturated heterocycles. The van der Waals surface area contributed by atoms with Gasteiger partial charge >= 0.3 is 6.85 Å². The summed E-state index contributed by atoms with van der Waals surface area (Å²) in [6, 6.07) is 35.9. The minimum absolute atomic E-state index is 0.0116. The van der Waals surface area contributed by atoms with E-state index in [2.05, 4.69) is 146 Å². The molecule has 0 N–H and O–H groups in total. The van der Waals surface area contributed by atoms with Crippen LogP contribution < -0.4 is 10.9 Å². The van der Waals surface area contributed by atoms with Crippen LogP contribution in [-0.2, 0) is 10.8 Å². The van der Waals surface area contributed by atoms with E-state index in [1.807, 2.05) is 6.07 Å². The van der Waals surface area contributed by atoms with Crippen LogP contribution >= 0.6 is 0 Å². The normalized spacial score (nSPS) is 13.3. The van der Waals surface area contributed by atoms with Crippen LogP contribution in [0, 0.1) is 6.57 Å². The second-order valence-corrected chi connectivity index (χ2v) is 14.2. The molecule has 4 heteroatoms. The van der Waals surface area contributed by atoms with Crippen LogP contribution in [0.2, 0.25) is 0 Å². The first kappa shape index (κ1) is 25.9. The van der Waals surface area contributed by atoms with Crippen molar-refractivity contribution in [3.05, 3.63) is 120 Å². The summed E-state index contributed by atoms with van der Waals surface area (Å²) < 4.78 is 5.02. The first-order chi connectivity index (χ1) is 20.6. The molecule has 0 amide bonds. The summed E-state index contributed by atoms with van der Waals surface area (Å²) in [6.45, 7) is 21.5. The maximum atomic E-state index is 7.70. The second-order valence-electron chi connectivity index (χ2n) is 14.2. The van der Waals surface area contributed by atoms with Crippen molar-refractivity contribution >= 4 is 67.1 Å². The fourth-order valence-electron chi connectivity index (χ4n) is 7.25. The maximum Gasteiger partial charge on any atom is 0.332 e. The van der Waals surface area contributed by atoms with E-state index in [1.54, 1.807) is 0 Å². The Hall–Kier alpha value is -4.75. The van der Waals surface area contributed by atoms with E-state index in [0.717, 1.165) is 5.52 Å². The largest absolute Gasteiger partial charge is 0.376 e. The van der Waals surface area contributed by atoms with Gasteiger partial charge < -0.3 is 9.05 Å². The van der Waals surface area contributed by atoms with Gasteiger partial charge in [0.25, 0.3) is 0 Å². The van der Waals surface area contributed by atoms with Crippen molar-refractivity contribution in [1.29, 1.82) is 0 Å². The number of rotatable bonds is 1. The molecule has 5 aromatic carbocycles. The summed E-state index contributed by atoms with van der Waals surface area (Å²) >= 11 is 0. The lowest BCUT2D eigenvalue weighted by Gasteiger charge is -2.29. The zero-order valence-corrected chi connectivity index (χ0v) is 25.7. The predicted molar refractivity (Wildman–Crippen MR) is 184 cm³/mol. The van der Waals surface area contributed by atoms with Crippen LogP contribution in [0.15, 0.2) is 97.1 Å². The smallest absolute Gasteiger partial charge is 0.332 e. The van der Waals surface area contributed by atoms with Gasteiger partial charge in [0.1, 0.15) is 0 Å². The summed E-state index contributed by atoms with van der Waals surface area (Å²) in [5.74, 6) is 0. The molecule has 3 heterocycles. The van der Waals surface area contributed by atoms with Crippen LogP contribution in [-0.4, -0.2) is 15.9 Å². The van der Waals surface area contributed by atoms with Gasteiger partial charge in [0, 0.05) is 43.8 Å². The van der Waals surface area contributed by atoms with Gasteiger partial charge in [-0.2, -0.15) is 0 Å². The molecule has 0 unspecified atom stereocenters. The standard InChI is InChI=1S/C39H34BN3/c1-38(2,3)24-15-18-27-28-19-16-25(39(4,5)6)22-36(28)43(35(27)21-24)40-31-12-8-9-14-33(31)42-34-23-26(41-7)17-20-29(34)30-11-10-13-32(40)37(30)42/h8-23H,1-6H3. The topological polar surface area (TPSA) is 14.2 Å². The molecule has 43 heavy (non-hydrogen) atoms. The molecular weight excluding hydrogens is 521 g/mol. The van der Waals surface area contributed by atoms with Crippen LogP contribution in [0.4, 0.5) is 5.69 Å². The first-order valence-corrected chi connectivity index (χ1v) is 15.2. The minimum atomic E-state index is -0.0116. The predicted octanol–water partition coefficient (Wildman–Crippen LogP) is 9.00. The van der Waals surface area contributed by atoms with E-state index in [1.165, 1.54) is 65.8 Å². The Morgan fingerprint density at radius 1 is 0.581 bits per heavy atom. The third kappa shape index (κ3) is 3.61. The van der Waals surface area contributed by atoms with E-state index >= 15 is 0 Å². The van der Waals surface area contributed by atoms with E-state index < -0.39 is 0 Å². The molecule has 0 bridgehead atoms. The molecule has 3 nitrogen and oxygen atoms in total. The Morgan fingerprint density at radius 2 is 1.16 bits per heavy atom. The number of nitrogens with zero attached hydrogens (tertiary/aromatic N) is 3. The molecule has 0 saturated carbocycles. The highest BCUT2D eigenvalue weighted by Crippen LogP contribution is 2.39. The lowest BCUT2D eigenvalue weighted by atomic mass is 9.48. The van der Waals surface area contributed by atoms with Gasteiger partial charge in [0.15, 0.2) is 5.69 Å². The summed E-state index contributed by atoms with van der Waals surface area (Å²) in [6.07, 6.45) is 0. The van der Waals surface area contributed by atoms with E-state index in [9.17, 15) is 0 Å². The van der Waals surface area contributed by atoms with Crippen molar-refractivity contribution < 1.29 is 0 Å². The molecule has 8 rings (SSSR count). The van der Waals surface area contributed by atoms with Crippen LogP contribution in [0.1, 0.15) is 52.7 Å². The lowest BCUT2D eigenvalue weighted by molar-refractivity contribution is 0.591. The van der Waals surface area contributed by atoms with Crippen molar-refractivity contribution in [2.24, 2.45) is 0 Å². The third-order valence-electron chi connectivity index (χ3n) is 9.49. The van der Waals surface area contributed by atoms with Gasteiger partial charge in [-0.05, 0) is 57.1 Å². The highest BCUT2D eigenvalue weighted by Gasteiger charge is 2.36. The molecular formula is C39H34BN3. The lowest BCUT2D eigenvalue weighted by Crippen LogP contribution is -2.53. The first-order valence-electron chi connectivity index (χ1n) is 15.2. The zero-order chi connectivity index (χ0) is 29.8. The number of para-hydroxylation sites is 2. The highest BCUT2D eigenvalue weighted by atomic mass is 15.0. The van der Waals surface area contributed by atoms with Gasteiger partial charge in [-0.1, -0.05) is 114 Å². The van der Waals surface area contributed by atoms with Gasteiger partial charge in [-0.3, -0.25) is 0 Å². The van der Waals surface area contributed by atoms with Crippen LogP contribution in [0.5, 0.6) is 0 Å². The molecule has 2 aromatic heterocycles. The molecule has 7 aromatic rings. The second kappa shape index (κ2) is 8.65. The summed E-state index contributed by atoms with van der Waals surface area (Å²) in [5.41, 5.74) is 12.0. The Bertz CT molecular complexity index is 2260. The molecule has 0 fully saturated rings. The molecule has 1 aliphatic rings. The summed E-state index contributed by atoms with van der Waals surface area (Å²) in [7, 11) is 0. The molecule has 1 aliphatic heterocycles. The third-order valence-corrected chi connectivity index (χ3v) is 9.49. The monoisotopic (exact) mass is 555 g/mol. The number of fused-ring (bicyclic) bond motifs is 8. The molecule has 208 valence electrons. The van der Waals surface area contributed by atoms with Crippen molar-refractivity contribution in [3.63, 3.8) is 0 Å². The van der Waals surface area contributed by atoms with Gasteiger partial charge in [0.05, 0.1) is 12.1 Å². The number of benzene rings is 5. The van der Waals surface area contributed by atoms with Crippen molar-refractivity contribution in [3.8, 4) is 5.69 Å². The van der Waals surface area contributed by atoms with Gasteiger partial charge in [0.2, 0.25) is 0 Å². The van der Waals surface area contributed by atoms with E-state index in [0.29, 0.717) is 5.69 Å². The van der Waals surface area contributed by atoms with Crippen LogP contribution in [0.25, 0.3) is 54.1 Å². The van der Waals surface area contributed by atoms with Crippen molar-refractivity contribution in [2.75, 3.05) is 0 Å². The summed E-state index contributed by atoms with van der Waals surface area (Å²) in [4.78, 5) is 3.78. The molecule has 0 atom stereocenters. The Morgan fingerprint density at radius 3 is 1.79 bits per heavy atom. The van der Waals surface area contributed by atoms with Crippen molar-refractivity contribution in [1.82, 2.24) is 9.05 Å². The quantitative estimate of drug-likeness (QED) is 0.142. The molecule has 0 radical (unpaired) electrons. The maximum absolute atomic E-state index is 7.70. The van der Waals surface area contributed by atoms with Crippen molar-refractivity contribution in [2.45, 2.75) is 52.4 Å². The SMILES string of the molecule is [C-]#[N+]c1ccc2c3cccc4c3n(c2c1)-c1ccccc1B4n1c2cc(C(C)(C)C)ccc2c2ccc(C(C)(C)C)cc21. The van der Waals surface area contributed by atoms with E-state index in [-0.39, 0.29) is 17.7 Å². The number of hydrogen-bond donors (Lipinski definition) is 0. The van der Waals surface area contributed by atoms with Gasteiger partial charge in [-0.15, -0.1) is 0 Å². The van der Waals surface area contributed by atoms with E-state index in [4.69, 9.17) is 6.57 Å².